The van der Waals surface area contributed by atoms with Crippen molar-refractivity contribution in [1.29, 1.82) is 0 Å². The van der Waals surface area contributed by atoms with Crippen LogP contribution in [-0.2, 0) is 6.54 Å². The first kappa shape index (κ1) is 13.9. The van der Waals surface area contributed by atoms with Gasteiger partial charge in [0.15, 0.2) is 0 Å². The summed E-state index contributed by atoms with van der Waals surface area (Å²) >= 11 is 0. The number of hydrogen-bond donors (Lipinski definition) is 1. The van der Waals surface area contributed by atoms with E-state index in [-0.39, 0.29) is 0 Å². The first-order chi connectivity index (χ1) is 10.2. The molecule has 3 nitrogen and oxygen atoms in total. The normalized spacial score (nSPS) is 15.5. The van der Waals surface area contributed by atoms with Gasteiger partial charge in [0.2, 0.25) is 0 Å². The Labute approximate surface area is 126 Å². The second-order valence-electron chi connectivity index (χ2n) is 5.95. The molecule has 3 heteroatoms. The maximum absolute atomic E-state index is 6.39. The Kier molecular flexibility index (Phi) is 3.82. The van der Waals surface area contributed by atoms with E-state index in [1.807, 2.05) is 6.08 Å². The topological polar surface area (TPSA) is 43.8 Å². The molecule has 110 valence electrons. The van der Waals surface area contributed by atoms with E-state index in [4.69, 9.17) is 10.7 Å². The molecule has 1 aromatic carbocycles. The maximum atomic E-state index is 6.39. The number of nitrogens with two attached hydrogens (primary N) is 1. The SMILES string of the molecule is C=CCn1c(C2CCCC2)nc(-c2cccc(C)c2)c1N. The van der Waals surface area contributed by atoms with Crippen LogP contribution in [0.5, 0.6) is 0 Å². The molecule has 2 aromatic rings. The molecule has 0 spiro atoms. The number of nitrogens with zero attached hydrogens (tertiary/aromatic N) is 2. The molecule has 1 heterocycles. The van der Waals surface area contributed by atoms with Crippen molar-refractivity contribution in [1.82, 2.24) is 9.55 Å². The van der Waals surface area contributed by atoms with Gasteiger partial charge in [0.1, 0.15) is 17.3 Å². The zero-order valence-corrected chi connectivity index (χ0v) is 12.7. The second kappa shape index (κ2) is 5.76. The molecule has 1 fully saturated rings. The maximum Gasteiger partial charge on any atom is 0.132 e. The highest BCUT2D eigenvalue weighted by Crippen LogP contribution is 2.37. The first-order valence-electron chi connectivity index (χ1n) is 7.74. The fraction of sp³-hybridized carbons (Fsp3) is 0.389. The molecule has 0 aliphatic heterocycles. The molecule has 0 unspecified atom stereocenters. The van der Waals surface area contributed by atoms with E-state index in [9.17, 15) is 0 Å². The predicted octanol–water partition coefficient (Wildman–Crippen LogP) is 4.28. The van der Waals surface area contributed by atoms with Gasteiger partial charge in [0, 0.05) is 18.0 Å². The van der Waals surface area contributed by atoms with Gasteiger partial charge >= 0.3 is 0 Å². The van der Waals surface area contributed by atoms with Crippen molar-refractivity contribution >= 4 is 5.82 Å². The van der Waals surface area contributed by atoms with Crippen LogP contribution < -0.4 is 5.73 Å². The average Bonchev–Trinajstić information content (AvgIpc) is 3.09. The fourth-order valence-corrected chi connectivity index (χ4v) is 3.30. The van der Waals surface area contributed by atoms with Crippen molar-refractivity contribution in [3.63, 3.8) is 0 Å². The van der Waals surface area contributed by atoms with Crippen LogP contribution in [-0.4, -0.2) is 9.55 Å². The summed E-state index contributed by atoms with van der Waals surface area (Å²) in [6.45, 7) is 6.68. The van der Waals surface area contributed by atoms with E-state index in [1.54, 1.807) is 0 Å². The lowest BCUT2D eigenvalue weighted by Gasteiger charge is -2.11. The highest BCUT2D eigenvalue weighted by Gasteiger charge is 2.25. The zero-order chi connectivity index (χ0) is 14.8. The third kappa shape index (κ3) is 2.60. The smallest absolute Gasteiger partial charge is 0.132 e. The number of aromatic nitrogens is 2. The molecule has 3 rings (SSSR count). The van der Waals surface area contributed by atoms with E-state index < -0.39 is 0 Å². The Bertz CT molecular complexity index is 648. The summed E-state index contributed by atoms with van der Waals surface area (Å²) in [5.74, 6) is 2.45. The van der Waals surface area contributed by atoms with Crippen LogP contribution in [0, 0.1) is 6.92 Å². The van der Waals surface area contributed by atoms with Gasteiger partial charge in [0.05, 0.1) is 0 Å². The lowest BCUT2D eigenvalue weighted by Crippen LogP contribution is -2.08. The zero-order valence-electron chi connectivity index (χ0n) is 12.7. The van der Waals surface area contributed by atoms with Crippen molar-refractivity contribution in [2.75, 3.05) is 5.73 Å². The van der Waals surface area contributed by atoms with Crippen molar-refractivity contribution in [2.45, 2.75) is 45.1 Å². The van der Waals surface area contributed by atoms with E-state index in [2.05, 4.69) is 42.3 Å². The Morgan fingerprint density at radius 1 is 1.38 bits per heavy atom. The van der Waals surface area contributed by atoms with E-state index in [1.165, 1.54) is 31.2 Å². The first-order valence-corrected chi connectivity index (χ1v) is 7.74. The Balaban J connectivity index is 2.09. The average molecular weight is 281 g/mol. The molecule has 1 aromatic heterocycles. The van der Waals surface area contributed by atoms with Crippen LogP contribution in [0.2, 0.25) is 0 Å². The minimum absolute atomic E-state index is 0.547. The number of anilines is 1. The molecule has 1 aliphatic rings. The van der Waals surface area contributed by atoms with Crippen LogP contribution >= 0.6 is 0 Å². The number of hydrogen-bond acceptors (Lipinski definition) is 2. The molecule has 0 saturated heterocycles. The quantitative estimate of drug-likeness (QED) is 0.850. The number of nitrogen functional groups attached to an aromatic ring is 1. The number of imidazole rings is 1. The lowest BCUT2D eigenvalue weighted by molar-refractivity contribution is 0.618. The highest BCUT2D eigenvalue weighted by atomic mass is 15.1. The number of benzene rings is 1. The van der Waals surface area contributed by atoms with Crippen molar-refractivity contribution in [3.05, 3.63) is 48.3 Å². The molecule has 0 amide bonds. The summed E-state index contributed by atoms with van der Waals surface area (Å²) in [5.41, 5.74) is 9.65. The van der Waals surface area contributed by atoms with Crippen molar-refractivity contribution < 1.29 is 0 Å². The van der Waals surface area contributed by atoms with Gasteiger partial charge in [-0.05, 0) is 25.8 Å². The predicted molar refractivity (Wildman–Crippen MR) is 88.2 cm³/mol. The molecule has 0 radical (unpaired) electrons. The summed E-state index contributed by atoms with van der Waals surface area (Å²) < 4.78 is 2.14. The van der Waals surface area contributed by atoms with Gasteiger partial charge in [-0.1, -0.05) is 42.7 Å². The van der Waals surface area contributed by atoms with Gasteiger partial charge in [-0.15, -0.1) is 6.58 Å². The van der Waals surface area contributed by atoms with Gasteiger partial charge in [-0.25, -0.2) is 4.98 Å². The van der Waals surface area contributed by atoms with E-state index >= 15 is 0 Å². The molecule has 2 N–H and O–H groups in total. The van der Waals surface area contributed by atoms with Gasteiger partial charge in [0.25, 0.3) is 0 Å². The van der Waals surface area contributed by atoms with Gasteiger partial charge in [-0.3, -0.25) is 0 Å². The molecule has 1 aliphatic carbocycles. The molecule has 1 saturated carbocycles. The number of aryl methyl sites for hydroxylation is 1. The van der Waals surface area contributed by atoms with Crippen LogP contribution in [0.25, 0.3) is 11.3 Å². The Morgan fingerprint density at radius 3 is 2.81 bits per heavy atom. The van der Waals surface area contributed by atoms with Crippen LogP contribution in [0.4, 0.5) is 5.82 Å². The summed E-state index contributed by atoms with van der Waals surface area (Å²) in [6, 6.07) is 8.39. The standard InChI is InChI=1S/C18H23N3/c1-3-11-21-17(19)16(15-10-6-7-13(2)12-15)20-18(21)14-8-4-5-9-14/h3,6-7,10,12,14H,1,4-5,8-9,11,19H2,2H3. The Hall–Kier alpha value is -2.03. The summed E-state index contributed by atoms with van der Waals surface area (Å²) in [7, 11) is 0. The molecule has 0 atom stereocenters. The van der Waals surface area contributed by atoms with E-state index in [0.29, 0.717) is 5.92 Å². The van der Waals surface area contributed by atoms with Gasteiger partial charge < -0.3 is 10.3 Å². The van der Waals surface area contributed by atoms with E-state index in [0.717, 1.165) is 29.4 Å². The second-order valence-corrected chi connectivity index (χ2v) is 5.95. The molecular formula is C18H23N3. The number of rotatable bonds is 4. The summed E-state index contributed by atoms with van der Waals surface area (Å²) in [4.78, 5) is 4.91. The minimum Gasteiger partial charge on any atom is -0.383 e. The van der Waals surface area contributed by atoms with Crippen molar-refractivity contribution in [2.24, 2.45) is 0 Å². The minimum atomic E-state index is 0.547. The Morgan fingerprint density at radius 2 is 2.14 bits per heavy atom. The fourth-order valence-electron chi connectivity index (χ4n) is 3.30. The van der Waals surface area contributed by atoms with Crippen molar-refractivity contribution in [3.8, 4) is 11.3 Å². The third-order valence-corrected chi connectivity index (χ3v) is 4.36. The summed E-state index contributed by atoms with van der Waals surface area (Å²) in [6.07, 6.45) is 6.94. The molecule has 0 bridgehead atoms. The van der Waals surface area contributed by atoms with Crippen LogP contribution in [0.1, 0.15) is 43.0 Å². The lowest BCUT2D eigenvalue weighted by atomic mass is 10.1. The molecule has 21 heavy (non-hydrogen) atoms. The highest BCUT2D eigenvalue weighted by molar-refractivity contribution is 5.71. The molecular weight excluding hydrogens is 258 g/mol. The van der Waals surface area contributed by atoms with Crippen LogP contribution in [0.3, 0.4) is 0 Å². The monoisotopic (exact) mass is 281 g/mol. The largest absolute Gasteiger partial charge is 0.383 e. The third-order valence-electron chi connectivity index (χ3n) is 4.36. The number of allylic oxidation sites excluding steroid dienone is 1. The van der Waals surface area contributed by atoms with Gasteiger partial charge in [-0.2, -0.15) is 0 Å². The van der Waals surface area contributed by atoms with Crippen LogP contribution in [0.15, 0.2) is 36.9 Å². The summed E-state index contributed by atoms with van der Waals surface area (Å²) in [5, 5.41) is 0.